The molecule has 4 aromatic rings. The van der Waals surface area contributed by atoms with Crippen molar-refractivity contribution in [1.29, 1.82) is 0 Å². The summed E-state index contributed by atoms with van der Waals surface area (Å²) >= 11 is 13.8. The van der Waals surface area contributed by atoms with E-state index in [4.69, 9.17) is 39.4 Å². The Labute approximate surface area is 174 Å². The Hall–Kier alpha value is -2.52. The van der Waals surface area contributed by atoms with Crippen LogP contribution in [0.5, 0.6) is 5.75 Å². The largest absolute Gasteiger partial charge is 0.477 e. The fourth-order valence-electron chi connectivity index (χ4n) is 2.64. The zero-order chi connectivity index (χ0) is 19.7. The summed E-state index contributed by atoms with van der Waals surface area (Å²) in [5.74, 6) is 0.524. The molecule has 2 aromatic heterocycles. The van der Waals surface area contributed by atoms with E-state index in [0.717, 1.165) is 11.0 Å². The molecule has 0 fully saturated rings. The number of aromatic amines is 1. The third kappa shape index (κ3) is 3.85. The monoisotopic (exact) mass is 432 g/mol. The summed E-state index contributed by atoms with van der Waals surface area (Å²) in [6, 6.07) is 12.8. The van der Waals surface area contributed by atoms with Crippen LogP contribution in [0.25, 0.3) is 22.3 Å². The Balaban J connectivity index is 1.72. The highest BCUT2D eigenvalue weighted by Gasteiger charge is 2.14. The van der Waals surface area contributed by atoms with Crippen molar-refractivity contribution in [2.75, 3.05) is 12.5 Å². The van der Waals surface area contributed by atoms with Gasteiger partial charge in [-0.25, -0.2) is 15.0 Å². The first-order chi connectivity index (χ1) is 13.5. The van der Waals surface area contributed by atoms with Crippen molar-refractivity contribution in [1.82, 2.24) is 19.9 Å². The average molecular weight is 433 g/mol. The highest BCUT2D eigenvalue weighted by atomic mass is 35.5. The second-order valence-corrected chi connectivity index (χ2v) is 7.51. The molecule has 0 saturated carbocycles. The number of nitrogens with one attached hydrogen (secondary N) is 1. The quantitative estimate of drug-likeness (QED) is 0.316. The van der Waals surface area contributed by atoms with Gasteiger partial charge in [0, 0.05) is 5.56 Å². The Bertz CT molecular complexity index is 1130. The van der Waals surface area contributed by atoms with Gasteiger partial charge in [0.25, 0.3) is 0 Å². The number of rotatable bonds is 5. The van der Waals surface area contributed by atoms with Gasteiger partial charge in [-0.1, -0.05) is 35.3 Å². The minimum atomic E-state index is -0.0140. The fourth-order valence-corrected chi connectivity index (χ4v) is 3.98. The SMILES string of the molecule is NCOc1cc(-c2cc(Sc3nc4ccccc4[nH]3)nc(N)n2)c(Cl)cc1Cl. The van der Waals surface area contributed by atoms with Gasteiger partial charge in [-0.05, 0) is 42.1 Å². The molecule has 10 heteroatoms. The molecule has 2 heterocycles. The Morgan fingerprint density at radius 2 is 1.86 bits per heavy atom. The Morgan fingerprint density at radius 3 is 2.64 bits per heavy atom. The Morgan fingerprint density at radius 1 is 1.04 bits per heavy atom. The number of halogens is 2. The number of hydrogen-bond acceptors (Lipinski definition) is 7. The highest BCUT2D eigenvalue weighted by molar-refractivity contribution is 7.99. The maximum absolute atomic E-state index is 6.36. The number of ether oxygens (including phenoxy) is 1. The van der Waals surface area contributed by atoms with Gasteiger partial charge in [0.15, 0.2) is 5.16 Å². The van der Waals surface area contributed by atoms with E-state index in [1.165, 1.54) is 11.8 Å². The summed E-state index contributed by atoms with van der Waals surface area (Å²) in [7, 11) is 0. The molecule has 4 rings (SSSR count). The molecule has 0 saturated heterocycles. The molecule has 7 nitrogen and oxygen atoms in total. The number of hydrogen-bond donors (Lipinski definition) is 3. The summed E-state index contributed by atoms with van der Waals surface area (Å²) in [6.07, 6.45) is 0. The third-order valence-corrected chi connectivity index (χ3v) is 5.24. The second kappa shape index (κ2) is 7.84. The van der Waals surface area contributed by atoms with E-state index in [-0.39, 0.29) is 12.7 Å². The van der Waals surface area contributed by atoms with Crippen LogP contribution in [0.4, 0.5) is 5.95 Å². The van der Waals surface area contributed by atoms with Crippen molar-refractivity contribution in [2.45, 2.75) is 10.2 Å². The molecule has 0 bridgehead atoms. The van der Waals surface area contributed by atoms with Crippen molar-refractivity contribution in [3.05, 3.63) is 52.5 Å². The van der Waals surface area contributed by atoms with Gasteiger partial charge in [0.1, 0.15) is 17.5 Å². The number of nitrogens with two attached hydrogens (primary N) is 2. The van der Waals surface area contributed by atoms with Crippen LogP contribution in [-0.4, -0.2) is 26.7 Å². The lowest BCUT2D eigenvalue weighted by Crippen LogP contribution is -2.07. The molecule has 0 spiro atoms. The van der Waals surface area contributed by atoms with Gasteiger partial charge in [-0.15, -0.1) is 0 Å². The average Bonchev–Trinajstić information content (AvgIpc) is 3.05. The van der Waals surface area contributed by atoms with Crippen molar-refractivity contribution >= 4 is 51.9 Å². The zero-order valence-electron chi connectivity index (χ0n) is 14.3. The standard InChI is InChI=1S/C18H14Cl2N6OS/c19-10-6-11(20)15(27-8-21)5-9(10)14-7-16(26-17(22)23-14)28-18-24-12-3-1-2-4-13(12)25-18/h1-7H,8,21H2,(H,24,25)(H2,22,23,26). The summed E-state index contributed by atoms with van der Waals surface area (Å²) in [5.41, 5.74) is 14.3. The van der Waals surface area contributed by atoms with Gasteiger partial charge in [0.05, 0.1) is 26.8 Å². The van der Waals surface area contributed by atoms with Crippen LogP contribution in [0.1, 0.15) is 0 Å². The van der Waals surface area contributed by atoms with E-state index in [1.807, 2.05) is 24.3 Å². The molecule has 142 valence electrons. The molecular formula is C18H14Cl2N6OS. The molecule has 0 atom stereocenters. The number of H-pyrrole nitrogens is 1. The van der Waals surface area contributed by atoms with Gasteiger partial charge < -0.3 is 15.5 Å². The molecule has 2 aromatic carbocycles. The maximum Gasteiger partial charge on any atom is 0.221 e. The van der Waals surface area contributed by atoms with E-state index in [2.05, 4.69) is 19.9 Å². The first-order valence-electron chi connectivity index (χ1n) is 8.13. The van der Waals surface area contributed by atoms with E-state index < -0.39 is 0 Å². The summed E-state index contributed by atoms with van der Waals surface area (Å²) in [5, 5.41) is 2.08. The molecule has 0 amide bonds. The van der Waals surface area contributed by atoms with Gasteiger partial charge in [0.2, 0.25) is 5.95 Å². The minimum Gasteiger partial charge on any atom is -0.477 e. The van der Waals surface area contributed by atoms with Gasteiger partial charge in [-0.2, -0.15) is 0 Å². The normalized spacial score (nSPS) is 11.1. The number of benzene rings is 2. The number of nitrogens with zero attached hydrogens (tertiary/aromatic N) is 3. The minimum absolute atomic E-state index is 0.0140. The van der Waals surface area contributed by atoms with E-state index in [9.17, 15) is 0 Å². The van der Waals surface area contributed by atoms with E-state index in [0.29, 0.717) is 37.2 Å². The van der Waals surface area contributed by atoms with Crippen molar-refractivity contribution in [3.8, 4) is 17.0 Å². The number of nitrogen functional groups attached to an aromatic ring is 1. The zero-order valence-corrected chi connectivity index (χ0v) is 16.6. The predicted octanol–water partition coefficient (Wildman–Crippen LogP) is 4.36. The topological polar surface area (TPSA) is 116 Å². The Kier molecular flexibility index (Phi) is 5.27. The van der Waals surface area contributed by atoms with Crippen LogP contribution in [0.3, 0.4) is 0 Å². The smallest absolute Gasteiger partial charge is 0.221 e. The molecular weight excluding hydrogens is 419 g/mol. The fraction of sp³-hybridized carbons (Fsp3) is 0.0556. The molecule has 28 heavy (non-hydrogen) atoms. The number of fused-ring (bicyclic) bond motifs is 1. The number of imidazole rings is 1. The maximum atomic E-state index is 6.36. The molecule has 0 radical (unpaired) electrons. The lowest BCUT2D eigenvalue weighted by Gasteiger charge is -2.11. The molecule has 0 aliphatic carbocycles. The van der Waals surface area contributed by atoms with Crippen LogP contribution in [0.2, 0.25) is 10.0 Å². The molecule has 0 aliphatic heterocycles. The van der Waals surface area contributed by atoms with Crippen LogP contribution >= 0.6 is 35.0 Å². The molecule has 0 aliphatic rings. The second-order valence-electron chi connectivity index (χ2n) is 5.68. The van der Waals surface area contributed by atoms with Crippen LogP contribution in [0.15, 0.2) is 52.6 Å². The predicted molar refractivity (Wildman–Crippen MR) is 112 cm³/mol. The van der Waals surface area contributed by atoms with Crippen molar-refractivity contribution < 1.29 is 4.74 Å². The van der Waals surface area contributed by atoms with Gasteiger partial charge in [-0.3, -0.25) is 5.73 Å². The number of anilines is 1. The summed E-state index contributed by atoms with van der Waals surface area (Å²) in [4.78, 5) is 16.3. The lowest BCUT2D eigenvalue weighted by atomic mass is 10.1. The van der Waals surface area contributed by atoms with Crippen LogP contribution < -0.4 is 16.2 Å². The first-order valence-corrected chi connectivity index (χ1v) is 9.70. The van der Waals surface area contributed by atoms with Gasteiger partial charge >= 0.3 is 0 Å². The summed E-state index contributed by atoms with van der Waals surface area (Å²) < 4.78 is 5.34. The molecule has 5 N–H and O–H groups in total. The number of aromatic nitrogens is 4. The van der Waals surface area contributed by atoms with Crippen molar-refractivity contribution in [2.24, 2.45) is 5.73 Å². The van der Waals surface area contributed by atoms with E-state index in [1.54, 1.807) is 18.2 Å². The van der Waals surface area contributed by atoms with Crippen LogP contribution in [-0.2, 0) is 0 Å². The van der Waals surface area contributed by atoms with Crippen LogP contribution in [0, 0.1) is 0 Å². The number of para-hydroxylation sites is 2. The molecule has 0 unspecified atom stereocenters. The highest BCUT2D eigenvalue weighted by Crippen LogP contribution is 2.37. The summed E-state index contributed by atoms with van der Waals surface area (Å²) in [6.45, 7) is -0.0140. The van der Waals surface area contributed by atoms with Crippen molar-refractivity contribution in [3.63, 3.8) is 0 Å². The first kappa shape index (κ1) is 18.8. The van der Waals surface area contributed by atoms with E-state index >= 15 is 0 Å². The lowest BCUT2D eigenvalue weighted by molar-refractivity contribution is 0.330. The third-order valence-electron chi connectivity index (χ3n) is 3.83.